The molecule has 0 unspecified atom stereocenters. The summed E-state index contributed by atoms with van der Waals surface area (Å²) in [5.41, 5.74) is 9.04. The zero-order chi connectivity index (χ0) is 13.5. The van der Waals surface area contributed by atoms with Crippen LogP contribution in [0.4, 0.5) is 0 Å². The molecule has 0 amide bonds. The molecule has 0 saturated heterocycles. The van der Waals surface area contributed by atoms with Crippen LogP contribution < -0.4 is 0 Å². The van der Waals surface area contributed by atoms with Crippen molar-refractivity contribution in [3.63, 3.8) is 0 Å². The van der Waals surface area contributed by atoms with Gasteiger partial charge in [-0.15, -0.1) is 0 Å². The fraction of sp³-hybridized carbons (Fsp3) is 0.444. The third-order valence-electron chi connectivity index (χ3n) is 5.02. The summed E-state index contributed by atoms with van der Waals surface area (Å²) in [6.45, 7) is 13.6. The fourth-order valence-electron chi connectivity index (χ4n) is 3.05. The molecule has 2 rings (SSSR count). The molecule has 96 valence electrons. The molecular weight excluding hydrogens is 216 g/mol. The molecule has 0 spiro atoms. The van der Waals surface area contributed by atoms with Crippen molar-refractivity contribution in [2.45, 2.75) is 48.0 Å². The fourth-order valence-corrected chi connectivity index (χ4v) is 3.05. The quantitative estimate of drug-likeness (QED) is 0.664. The van der Waals surface area contributed by atoms with Gasteiger partial charge in [-0.05, 0) is 57.7 Å². The van der Waals surface area contributed by atoms with E-state index in [-0.39, 0.29) is 5.41 Å². The van der Waals surface area contributed by atoms with Gasteiger partial charge in [0.05, 0.1) is 0 Å². The highest BCUT2D eigenvalue weighted by Crippen LogP contribution is 2.48. The predicted octanol–water partition coefficient (Wildman–Crippen LogP) is 5.23. The summed E-state index contributed by atoms with van der Waals surface area (Å²) in [7, 11) is 0. The first kappa shape index (κ1) is 13.1. The lowest BCUT2D eigenvalue weighted by molar-refractivity contribution is 0.483. The highest BCUT2D eigenvalue weighted by Gasteiger charge is 2.35. The lowest BCUT2D eigenvalue weighted by atomic mass is 9.74. The Balaban J connectivity index is 2.37. The first-order chi connectivity index (χ1) is 8.36. The predicted molar refractivity (Wildman–Crippen MR) is 79.7 cm³/mol. The first-order valence-corrected chi connectivity index (χ1v) is 6.78. The Labute approximate surface area is 111 Å². The molecule has 0 heterocycles. The van der Waals surface area contributed by atoms with Crippen molar-refractivity contribution in [2.75, 3.05) is 0 Å². The van der Waals surface area contributed by atoms with Crippen LogP contribution in [0.2, 0.25) is 0 Å². The summed E-state index contributed by atoms with van der Waals surface area (Å²) in [6.07, 6.45) is 1.11. The lowest BCUT2D eigenvalue weighted by Crippen LogP contribution is -2.20. The van der Waals surface area contributed by atoms with E-state index < -0.39 is 0 Å². The van der Waals surface area contributed by atoms with Crippen LogP contribution in [0.3, 0.4) is 0 Å². The monoisotopic (exact) mass is 240 g/mol. The summed E-state index contributed by atoms with van der Waals surface area (Å²) >= 11 is 0. The van der Waals surface area contributed by atoms with Crippen LogP contribution in [-0.2, 0) is 6.42 Å². The first-order valence-electron chi connectivity index (χ1n) is 6.78. The van der Waals surface area contributed by atoms with E-state index in [4.69, 9.17) is 0 Å². The molecule has 0 saturated carbocycles. The smallest absolute Gasteiger partial charge is 0.0139 e. The molecule has 0 atom stereocenters. The van der Waals surface area contributed by atoms with Gasteiger partial charge in [-0.1, -0.05) is 47.9 Å². The van der Waals surface area contributed by atoms with Crippen molar-refractivity contribution in [2.24, 2.45) is 5.41 Å². The summed E-state index contributed by atoms with van der Waals surface area (Å²) in [5, 5.41) is 0. The molecule has 0 N–H and O–H groups in total. The highest BCUT2D eigenvalue weighted by atomic mass is 14.4. The maximum atomic E-state index is 2.39. The zero-order valence-electron chi connectivity index (χ0n) is 12.5. The van der Waals surface area contributed by atoms with Gasteiger partial charge >= 0.3 is 0 Å². The number of aryl methyl sites for hydroxylation is 1. The van der Waals surface area contributed by atoms with Gasteiger partial charge in [0, 0.05) is 5.41 Å². The average molecular weight is 240 g/mol. The van der Waals surface area contributed by atoms with Crippen molar-refractivity contribution in [1.29, 1.82) is 0 Å². The second-order valence-electron chi connectivity index (χ2n) is 5.99. The third kappa shape index (κ3) is 1.94. The van der Waals surface area contributed by atoms with Gasteiger partial charge in [0.1, 0.15) is 0 Å². The molecule has 1 aliphatic carbocycles. The van der Waals surface area contributed by atoms with Crippen LogP contribution in [0.25, 0.3) is 0 Å². The highest BCUT2D eigenvalue weighted by molar-refractivity contribution is 5.51. The van der Waals surface area contributed by atoms with Gasteiger partial charge in [0.15, 0.2) is 0 Å². The van der Waals surface area contributed by atoms with E-state index in [0.717, 1.165) is 6.42 Å². The van der Waals surface area contributed by atoms with Crippen LogP contribution in [-0.4, -0.2) is 0 Å². The summed E-state index contributed by atoms with van der Waals surface area (Å²) < 4.78 is 0. The number of hydrogen-bond donors (Lipinski definition) is 0. The summed E-state index contributed by atoms with van der Waals surface area (Å²) in [6, 6.07) is 8.96. The minimum absolute atomic E-state index is 0.212. The van der Waals surface area contributed by atoms with Gasteiger partial charge in [-0.2, -0.15) is 0 Å². The second-order valence-corrected chi connectivity index (χ2v) is 5.99. The molecule has 1 aromatic carbocycles. The van der Waals surface area contributed by atoms with Crippen LogP contribution in [0.15, 0.2) is 46.6 Å². The van der Waals surface area contributed by atoms with Crippen molar-refractivity contribution < 1.29 is 0 Å². The SMILES string of the molecule is CC1=C(C)C(C)(Cc2ccc(C)cc2)C(C)=C1C. The summed E-state index contributed by atoms with van der Waals surface area (Å²) in [4.78, 5) is 0. The van der Waals surface area contributed by atoms with Crippen molar-refractivity contribution in [3.05, 3.63) is 57.7 Å². The number of hydrogen-bond acceptors (Lipinski definition) is 0. The van der Waals surface area contributed by atoms with Crippen molar-refractivity contribution in [3.8, 4) is 0 Å². The van der Waals surface area contributed by atoms with Gasteiger partial charge < -0.3 is 0 Å². The lowest BCUT2D eigenvalue weighted by Gasteiger charge is -2.29. The number of allylic oxidation sites excluding steroid dienone is 4. The molecule has 18 heavy (non-hydrogen) atoms. The minimum atomic E-state index is 0.212. The molecule has 0 fully saturated rings. The molecule has 0 heteroatoms. The molecule has 0 radical (unpaired) electrons. The van der Waals surface area contributed by atoms with E-state index in [2.05, 4.69) is 65.8 Å². The van der Waals surface area contributed by atoms with E-state index in [0.29, 0.717) is 0 Å². The van der Waals surface area contributed by atoms with E-state index in [1.165, 1.54) is 33.4 Å². The molecule has 0 nitrogen and oxygen atoms in total. The number of rotatable bonds is 2. The van der Waals surface area contributed by atoms with Crippen LogP contribution in [0, 0.1) is 12.3 Å². The summed E-state index contributed by atoms with van der Waals surface area (Å²) in [5.74, 6) is 0. The van der Waals surface area contributed by atoms with Crippen LogP contribution in [0.5, 0.6) is 0 Å². The Morgan fingerprint density at radius 3 is 1.67 bits per heavy atom. The zero-order valence-corrected chi connectivity index (χ0v) is 12.5. The standard InChI is InChI=1S/C18H24/c1-12-7-9-17(10-8-12)11-18(6)15(4)13(2)14(3)16(18)5/h7-10H,11H2,1-6H3. The Morgan fingerprint density at radius 2 is 1.22 bits per heavy atom. The minimum Gasteiger partial charge on any atom is -0.0598 e. The molecule has 0 aromatic heterocycles. The molecule has 0 aliphatic heterocycles. The Kier molecular flexibility index (Phi) is 3.23. The van der Waals surface area contributed by atoms with E-state index in [1.807, 2.05) is 0 Å². The Morgan fingerprint density at radius 1 is 0.778 bits per heavy atom. The maximum Gasteiger partial charge on any atom is 0.0139 e. The Bertz CT molecular complexity index is 500. The molecule has 1 aliphatic rings. The molecule has 1 aromatic rings. The average Bonchev–Trinajstić information content (AvgIpc) is 2.49. The Hall–Kier alpha value is -1.30. The molecular formula is C18H24. The van der Waals surface area contributed by atoms with E-state index in [1.54, 1.807) is 0 Å². The van der Waals surface area contributed by atoms with E-state index >= 15 is 0 Å². The van der Waals surface area contributed by atoms with Gasteiger partial charge in [0.25, 0.3) is 0 Å². The van der Waals surface area contributed by atoms with Gasteiger partial charge in [0.2, 0.25) is 0 Å². The normalized spacial score (nSPS) is 18.8. The largest absolute Gasteiger partial charge is 0.0598 e. The van der Waals surface area contributed by atoms with E-state index in [9.17, 15) is 0 Å². The molecule has 0 bridgehead atoms. The van der Waals surface area contributed by atoms with Crippen LogP contribution >= 0.6 is 0 Å². The third-order valence-corrected chi connectivity index (χ3v) is 5.02. The van der Waals surface area contributed by atoms with Crippen molar-refractivity contribution >= 4 is 0 Å². The topological polar surface area (TPSA) is 0 Å². The van der Waals surface area contributed by atoms with Crippen LogP contribution in [0.1, 0.15) is 45.7 Å². The number of benzene rings is 1. The van der Waals surface area contributed by atoms with Crippen molar-refractivity contribution in [1.82, 2.24) is 0 Å². The van der Waals surface area contributed by atoms with Gasteiger partial charge in [-0.3, -0.25) is 0 Å². The van der Waals surface area contributed by atoms with Gasteiger partial charge in [-0.25, -0.2) is 0 Å². The maximum absolute atomic E-state index is 2.39. The second kappa shape index (κ2) is 4.42.